The Morgan fingerprint density at radius 3 is 2.94 bits per heavy atom. The summed E-state index contributed by atoms with van der Waals surface area (Å²) >= 11 is 12.0. The van der Waals surface area contributed by atoms with E-state index < -0.39 is 0 Å². The van der Waals surface area contributed by atoms with Gasteiger partial charge in [0.05, 0.1) is 22.3 Å². The highest BCUT2D eigenvalue weighted by Gasteiger charge is 2.30. The molecule has 16 heavy (non-hydrogen) atoms. The molecule has 1 fully saturated rings. The highest BCUT2D eigenvalue weighted by molar-refractivity contribution is 6.42. The van der Waals surface area contributed by atoms with E-state index in [0.717, 1.165) is 11.3 Å². The number of amides is 1. The summed E-state index contributed by atoms with van der Waals surface area (Å²) in [6.45, 7) is 0.882. The van der Waals surface area contributed by atoms with Gasteiger partial charge in [0.1, 0.15) is 6.54 Å². The van der Waals surface area contributed by atoms with Crippen LogP contribution in [0.3, 0.4) is 0 Å². The highest BCUT2D eigenvalue weighted by atomic mass is 35.5. The molecule has 0 radical (unpaired) electrons. The zero-order chi connectivity index (χ0) is 11.3. The number of carbonyl (C=O) groups is 1. The number of benzene rings is 1. The summed E-state index contributed by atoms with van der Waals surface area (Å²) in [5.41, 5.74) is 1.64. The molecule has 3 rings (SSSR count). The largest absolute Gasteiger partial charge is 0.329 e. The smallest absolute Gasteiger partial charge is 0.246 e. The number of nitrogens with zero attached hydrogens (tertiary/aromatic N) is 2. The molecule has 0 saturated carbocycles. The monoisotopic (exact) mass is 258 g/mol. The van der Waals surface area contributed by atoms with Crippen LogP contribution in [0.5, 0.6) is 0 Å². The molecule has 0 atom stereocenters. The number of hydrogen-bond donors (Lipinski definition) is 1. The van der Waals surface area contributed by atoms with Gasteiger partial charge in [0, 0.05) is 5.56 Å². The van der Waals surface area contributed by atoms with E-state index in [2.05, 4.69) is 10.3 Å². The number of halogens is 2. The standard InChI is InChI=1S/C10H7Cl2N3O/c11-6-1-2-7-5(9(6)12)3-15-4-8(16)14-10(15)13-7/h1-2H,3-4H2,(H,13,14,16)/i4+1,8+1,10+1. The molecule has 1 aromatic rings. The fourth-order valence-electron chi connectivity index (χ4n) is 1.86. The summed E-state index contributed by atoms with van der Waals surface area (Å²) in [6, 6.07) is 3.51. The van der Waals surface area contributed by atoms with Gasteiger partial charge in [-0.3, -0.25) is 10.1 Å². The number of fused-ring (bicyclic) bond motifs is 2. The van der Waals surface area contributed by atoms with Gasteiger partial charge in [0.15, 0.2) is 0 Å². The molecule has 0 spiro atoms. The molecule has 0 aromatic heterocycles. The first kappa shape index (κ1) is 9.93. The molecule has 6 heteroatoms. The van der Waals surface area contributed by atoms with Crippen LogP contribution < -0.4 is 5.32 Å². The Kier molecular flexibility index (Phi) is 2.09. The highest BCUT2D eigenvalue weighted by Crippen LogP contribution is 2.36. The van der Waals surface area contributed by atoms with E-state index in [1.54, 1.807) is 12.1 Å². The van der Waals surface area contributed by atoms with E-state index >= 15 is 0 Å². The van der Waals surface area contributed by atoms with Crippen molar-refractivity contribution in [2.45, 2.75) is 6.54 Å². The number of hydrogen-bond acceptors (Lipinski definition) is 3. The second kappa shape index (κ2) is 3.37. The maximum Gasteiger partial charge on any atom is 0.246 e. The Hall–Kier alpha value is -1.26. The van der Waals surface area contributed by atoms with Gasteiger partial charge in [-0.1, -0.05) is 23.2 Å². The van der Waals surface area contributed by atoms with Gasteiger partial charge >= 0.3 is 0 Å². The Morgan fingerprint density at radius 2 is 2.12 bits per heavy atom. The average molecular weight is 259 g/mol. The lowest BCUT2D eigenvalue weighted by molar-refractivity contribution is -0.118. The van der Waals surface area contributed by atoms with Crippen LogP contribution in [0.4, 0.5) is 5.69 Å². The molecule has 4 nitrogen and oxygen atoms in total. The molecule has 1 N–H and O–H groups in total. The summed E-state index contributed by atoms with van der Waals surface area (Å²) in [7, 11) is 0. The van der Waals surface area contributed by atoms with Crippen LogP contribution in [0.1, 0.15) is 5.56 Å². The Bertz CT molecular complexity index is 527. The van der Waals surface area contributed by atoms with Crippen molar-refractivity contribution in [1.82, 2.24) is 10.2 Å². The van der Waals surface area contributed by atoms with Crippen molar-refractivity contribution in [1.29, 1.82) is 0 Å². The average Bonchev–Trinajstić information content (AvgIpc) is 2.61. The van der Waals surface area contributed by atoms with E-state index in [0.29, 0.717) is 29.1 Å². The quantitative estimate of drug-likeness (QED) is 0.723. The van der Waals surface area contributed by atoms with Gasteiger partial charge in [0.2, 0.25) is 11.9 Å². The molecule has 0 bridgehead atoms. The first-order chi connectivity index (χ1) is 7.65. The van der Waals surface area contributed by atoms with E-state index in [1.807, 2.05) is 4.90 Å². The van der Waals surface area contributed by atoms with Crippen LogP contribution in [0.25, 0.3) is 0 Å². The van der Waals surface area contributed by atoms with E-state index in [9.17, 15) is 4.79 Å². The zero-order valence-corrected chi connectivity index (χ0v) is 9.64. The van der Waals surface area contributed by atoms with E-state index in [-0.39, 0.29) is 5.91 Å². The van der Waals surface area contributed by atoms with Crippen LogP contribution in [0.2, 0.25) is 10.0 Å². The van der Waals surface area contributed by atoms with E-state index in [1.165, 1.54) is 0 Å². The van der Waals surface area contributed by atoms with Crippen molar-refractivity contribution in [3.63, 3.8) is 0 Å². The fraction of sp³-hybridized carbons (Fsp3) is 0.200. The molecule has 1 saturated heterocycles. The molecule has 2 heterocycles. The van der Waals surface area contributed by atoms with Crippen molar-refractivity contribution in [3.8, 4) is 0 Å². The molecule has 0 aliphatic carbocycles. The van der Waals surface area contributed by atoms with Crippen molar-refractivity contribution in [2.75, 3.05) is 6.54 Å². The maximum absolute atomic E-state index is 11.2. The third-order valence-corrected chi connectivity index (χ3v) is 3.48. The number of nitrogens with one attached hydrogen (secondary N) is 1. The van der Waals surface area contributed by atoms with Crippen molar-refractivity contribution >= 4 is 40.8 Å². The summed E-state index contributed by atoms with van der Waals surface area (Å²) in [4.78, 5) is 17.4. The van der Waals surface area contributed by atoms with Gasteiger partial charge in [0.25, 0.3) is 0 Å². The summed E-state index contributed by atoms with van der Waals surface area (Å²) in [6.07, 6.45) is 0. The van der Waals surface area contributed by atoms with Crippen molar-refractivity contribution in [3.05, 3.63) is 27.7 Å². The lowest BCUT2D eigenvalue weighted by atomic mass is 10.1. The Morgan fingerprint density at radius 1 is 1.31 bits per heavy atom. The number of guanidine groups is 1. The van der Waals surface area contributed by atoms with Crippen molar-refractivity contribution in [2.24, 2.45) is 4.99 Å². The van der Waals surface area contributed by atoms with Gasteiger partial charge in [-0.25, -0.2) is 4.99 Å². The predicted octanol–water partition coefficient (Wildman–Crippen LogP) is 1.93. The molecule has 2 aliphatic rings. The SMILES string of the molecule is O=[13C]1[13CH2]N2Cc3c(ccc(Cl)c3Cl)N=[13C]2N1. The van der Waals surface area contributed by atoms with Crippen LogP contribution in [-0.2, 0) is 11.3 Å². The van der Waals surface area contributed by atoms with Crippen LogP contribution in [0, 0.1) is 0 Å². The fourth-order valence-corrected chi connectivity index (χ4v) is 2.26. The minimum absolute atomic E-state index is 0.0474. The van der Waals surface area contributed by atoms with Crippen LogP contribution >= 0.6 is 23.2 Å². The lowest BCUT2D eigenvalue weighted by Gasteiger charge is -2.23. The minimum atomic E-state index is -0.0474. The zero-order valence-electron chi connectivity index (χ0n) is 8.13. The minimum Gasteiger partial charge on any atom is -0.329 e. The molecule has 2 aliphatic heterocycles. The summed E-state index contributed by atoms with van der Waals surface area (Å²) < 4.78 is 0. The molecular weight excluding hydrogens is 252 g/mol. The third-order valence-electron chi connectivity index (χ3n) is 2.63. The lowest BCUT2D eigenvalue weighted by Crippen LogP contribution is -2.32. The number of rotatable bonds is 0. The second-order valence-corrected chi connectivity index (χ2v) is 4.48. The van der Waals surface area contributed by atoms with Crippen LogP contribution in [0.15, 0.2) is 17.1 Å². The third kappa shape index (κ3) is 1.37. The van der Waals surface area contributed by atoms with Gasteiger partial charge in [-0.2, -0.15) is 0 Å². The summed E-state index contributed by atoms with van der Waals surface area (Å²) in [5, 5.41) is 3.72. The van der Waals surface area contributed by atoms with E-state index in [4.69, 9.17) is 23.2 Å². The first-order valence-electron chi connectivity index (χ1n) is 4.75. The predicted molar refractivity (Wildman–Crippen MR) is 62.1 cm³/mol. The molecular formula is C10H7Cl2N3O. The van der Waals surface area contributed by atoms with Gasteiger partial charge in [-0.15, -0.1) is 0 Å². The second-order valence-electron chi connectivity index (χ2n) is 3.70. The first-order valence-corrected chi connectivity index (χ1v) is 5.51. The normalized spacial score (nSPS) is 17.8. The molecule has 82 valence electrons. The topological polar surface area (TPSA) is 44.7 Å². The maximum atomic E-state index is 11.2. The number of aliphatic imine (C=N–C) groups is 1. The molecule has 1 amide bonds. The molecule has 0 unspecified atom stereocenters. The van der Waals surface area contributed by atoms with Gasteiger partial charge < -0.3 is 4.90 Å². The van der Waals surface area contributed by atoms with Crippen LogP contribution in [-0.4, -0.2) is 23.3 Å². The Balaban J connectivity index is 2.12. The molecule has 1 aromatic carbocycles. The van der Waals surface area contributed by atoms with Gasteiger partial charge in [-0.05, 0) is 12.1 Å². The Labute approximate surface area is 102 Å². The summed E-state index contributed by atoms with van der Waals surface area (Å²) in [5.74, 6) is 0.546. The van der Waals surface area contributed by atoms with Crippen molar-refractivity contribution < 1.29 is 4.79 Å². The number of carbonyl (C=O) groups excluding carboxylic acids is 1.